The van der Waals surface area contributed by atoms with Crippen LogP contribution in [0.5, 0.6) is 0 Å². The van der Waals surface area contributed by atoms with Crippen LogP contribution in [0.1, 0.15) is 23.0 Å². The molecular weight excluding hydrogens is 307 g/mol. The maximum Gasteiger partial charge on any atom is 0.229 e. The minimum Gasteiger partial charge on any atom is -0.348 e. The van der Waals surface area contributed by atoms with Crippen LogP contribution in [-0.2, 0) is 11.2 Å². The molecule has 2 aliphatic heterocycles. The highest BCUT2D eigenvalue weighted by Gasteiger charge is 2.46. The molecule has 0 radical (unpaired) electrons. The first-order valence-corrected chi connectivity index (χ1v) is 8.38. The molecule has 1 aromatic carbocycles. The van der Waals surface area contributed by atoms with Crippen LogP contribution >= 0.6 is 0 Å². The van der Waals surface area contributed by atoms with E-state index in [9.17, 15) is 9.18 Å². The zero-order valence-electron chi connectivity index (χ0n) is 13.6. The van der Waals surface area contributed by atoms with Gasteiger partial charge in [-0.2, -0.15) is 0 Å². The second kappa shape index (κ2) is 6.02. The Balaban J connectivity index is 1.63. The molecule has 126 valence electrons. The monoisotopic (exact) mass is 328 g/mol. The topological polar surface area (TPSA) is 61.0 Å². The average molecular weight is 328 g/mol. The molecule has 1 aromatic heterocycles. The number of hydrogen-bond donors (Lipinski definition) is 2. The van der Waals surface area contributed by atoms with E-state index in [1.807, 2.05) is 17.9 Å². The van der Waals surface area contributed by atoms with E-state index in [2.05, 4.69) is 15.3 Å². The second-order valence-corrected chi connectivity index (χ2v) is 6.78. The Morgan fingerprint density at radius 3 is 3.04 bits per heavy atom. The Hall–Kier alpha value is -2.21. The molecule has 0 aliphatic carbocycles. The lowest BCUT2D eigenvalue weighted by Gasteiger charge is -2.28. The van der Waals surface area contributed by atoms with Gasteiger partial charge in [-0.1, -0.05) is 12.1 Å². The number of aromatic nitrogens is 2. The summed E-state index contributed by atoms with van der Waals surface area (Å²) in [6.07, 6.45) is 1.90. The Bertz CT molecular complexity index is 759. The molecule has 4 rings (SSSR count). The first-order chi connectivity index (χ1) is 11.6. The fourth-order valence-electron chi connectivity index (χ4n) is 4.10. The first-order valence-electron chi connectivity index (χ1n) is 8.38. The molecule has 2 N–H and O–H groups in total. The Morgan fingerprint density at radius 1 is 1.42 bits per heavy atom. The van der Waals surface area contributed by atoms with Crippen LogP contribution in [0.2, 0.25) is 0 Å². The van der Waals surface area contributed by atoms with Gasteiger partial charge in [0.15, 0.2) is 0 Å². The average Bonchev–Trinajstić information content (AvgIpc) is 3.23. The fraction of sp³-hybridized carbons (Fsp3) is 0.444. The smallest absolute Gasteiger partial charge is 0.229 e. The zero-order chi connectivity index (χ0) is 16.7. The summed E-state index contributed by atoms with van der Waals surface area (Å²) in [7, 11) is 0. The van der Waals surface area contributed by atoms with Gasteiger partial charge in [0.25, 0.3) is 0 Å². The number of amides is 1. The molecule has 2 saturated heterocycles. The van der Waals surface area contributed by atoms with Crippen molar-refractivity contribution >= 4 is 5.91 Å². The number of aromatic amines is 1. The number of halogens is 1. The van der Waals surface area contributed by atoms with Gasteiger partial charge in [-0.25, -0.2) is 9.37 Å². The number of carbonyl (C=O) groups excluding carboxylic acids is 1. The van der Waals surface area contributed by atoms with Crippen molar-refractivity contribution in [2.45, 2.75) is 19.4 Å². The normalized spacial score (nSPS) is 25.9. The van der Waals surface area contributed by atoms with Crippen molar-refractivity contribution < 1.29 is 9.18 Å². The SMILES string of the molecule is Cc1[nH]cnc1CC(=O)N1C[C@@H]2CNC[C@@H]2[C@H]1c1cccc(F)c1. The van der Waals surface area contributed by atoms with Gasteiger partial charge in [0.05, 0.1) is 24.5 Å². The van der Waals surface area contributed by atoms with Crippen LogP contribution in [0.25, 0.3) is 0 Å². The third-order valence-electron chi connectivity index (χ3n) is 5.33. The largest absolute Gasteiger partial charge is 0.348 e. The minimum atomic E-state index is -0.252. The Labute approximate surface area is 140 Å². The standard InChI is InChI=1S/C18H21FN4O/c1-11-16(22-10-21-11)6-17(24)23-9-13-7-20-8-15(13)18(23)12-3-2-4-14(19)5-12/h2-5,10,13,15,18,20H,6-9H2,1H3,(H,21,22)/t13-,15-,18+/m0/s1. The van der Waals surface area contributed by atoms with E-state index >= 15 is 0 Å². The van der Waals surface area contributed by atoms with Crippen LogP contribution in [0.4, 0.5) is 4.39 Å². The lowest BCUT2D eigenvalue weighted by Crippen LogP contribution is -2.35. The molecule has 2 aromatic rings. The van der Waals surface area contributed by atoms with E-state index in [1.54, 1.807) is 18.5 Å². The summed E-state index contributed by atoms with van der Waals surface area (Å²) in [5, 5.41) is 3.40. The summed E-state index contributed by atoms with van der Waals surface area (Å²) in [5.74, 6) is 0.588. The maximum absolute atomic E-state index is 13.7. The number of rotatable bonds is 3. The number of hydrogen-bond acceptors (Lipinski definition) is 3. The number of carbonyl (C=O) groups is 1. The molecule has 3 heterocycles. The van der Waals surface area contributed by atoms with Crippen LogP contribution in [0, 0.1) is 24.6 Å². The molecule has 2 aliphatic rings. The summed E-state index contributed by atoms with van der Waals surface area (Å²) >= 11 is 0. The predicted octanol–water partition coefficient (Wildman–Crippen LogP) is 1.82. The van der Waals surface area contributed by atoms with Gasteiger partial charge >= 0.3 is 0 Å². The number of nitrogens with zero attached hydrogens (tertiary/aromatic N) is 2. The molecule has 0 saturated carbocycles. The molecule has 6 heteroatoms. The van der Waals surface area contributed by atoms with Crippen molar-refractivity contribution in [2.75, 3.05) is 19.6 Å². The number of likely N-dealkylation sites (tertiary alicyclic amines) is 1. The van der Waals surface area contributed by atoms with Gasteiger partial charge in [0, 0.05) is 31.2 Å². The summed E-state index contributed by atoms with van der Waals surface area (Å²) in [5.41, 5.74) is 2.60. The van der Waals surface area contributed by atoms with Crippen molar-refractivity contribution in [2.24, 2.45) is 11.8 Å². The summed E-state index contributed by atoms with van der Waals surface area (Å²) < 4.78 is 13.7. The Morgan fingerprint density at radius 2 is 2.29 bits per heavy atom. The zero-order valence-corrected chi connectivity index (χ0v) is 13.6. The maximum atomic E-state index is 13.7. The summed E-state index contributed by atoms with van der Waals surface area (Å²) in [6.45, 7) is 4.43. The van der Waals surface area contributed by atoms with E-state index in [-0.39, 0.29) is 24.2 Å². The number of aryl methyl sites for hydroxylation is 1. The third-order valence-corrected chi connectivity index (χ3v) is 5.33. The first kappa shape index (κ1) is 15.3. The lowest BCUT2D eigenvalue weighted by atomic mass is 9.89. The number of benzene rings is 1. The summed E-state index contributed by atoms with van der Waals surface area (Å²) in [4.78, 5) is 22.1. The Kier molecular flexibility index (Phi) is 3.84. The number of imidazole rings is 1. The number of nitrogens with one attached hydrogen (secondary N) is 2. The van der Waals surface area contributed by atoms with Crippen molar-refractivity contribution in [3.05, 3.63) is 53.4 Å². The van der Waals surface area contributed by atoms with Gasteiger partial charge in [0.2, 0.25) is 5.91 Å². The van der Waals surface area contributed by atoms with Crippen molar-refractivity contribution in [1.82, 2.24) is 20.2 Å². The fourth-order valence-corrected chi connectivity index (χ4v) is 4.10. The summed E-state index contributed by atoms with van der Waals surface area (Å²) in [6, 6.07) is 6.59. The molecule has 1 amide bonds. The highest BCUT2D eigenvalue weighted by Crippen LogP contribution is 2.42. The van der Waals surface area contributed by atoms with E-state index in [0.717, 1.165) is 36.6 Å². The van der Waals surface area contributed by atoms with Crippen molar-refractivity contribution in [1.29, 1.82) is 0 Å². The van der Waals surface area contributed by atoms with E-state index in [4.69, 9.17) is 0 Å². The van der Waals surface area contributed by atoms with Crippen LogP contribution < -0.4 is 5.32 Å². The predicted molar refractivity (Wildman–Crippen MR) is 87.7 cm³/mol. The molecular formula is C18H21FN4O. The van der Waals surface area contributed by atoms with Crippen LogP contribution in [-0.4, -0.2) is 40.4 Å². The quantitative estimate of drug-likeness (QED) is 0.903. The molecule has 5 nitrogen and oxygen atoms in total. The van der Waals surface area contributed by atoms with Crippen LogP contribution in [0.15, 0.2) is 30.6 Å². The van der Waals surface area contributed by atoms with Gasteiger partial charge in [0.1, 0.15) is 5.82 Å². The molecule has 24 heavy (non-hydrogen) atoms. The molecule has 2 fully saturated rings. The minimum absolute atomic E-state index is 0.0625. The van der Waals surface area contributed by atoms with E-state index in [1.165, 1.54) is 6.07 Å². The van der Waals surface area contributed by atoms with Gasteiger partial charge in [-0.15, -0.1) is 0 Å². The lowest BCUT2D eigenvalue weighted by molar-refractivity contribution is -0.132. The van der Waals surface area contributed by atoms with E-state index in [0.29, 0.717) is 11.8 Å². The second-order valence-electron chi connectivity index (χ2n) is 6.78. The number of fused-ring (bicyclic) bond motifs is 1. The highest BCUT2D eigenvalue weighted by atomic mass is 19.1. The molecule has 0 unspecified atom stereocenters. The van der Waals surface area contributed by atoms with Crippen LogP contribution in [0.3, 0.4) is 0 Å². The highest BCUT2D eigenvalue weighted by molar-refractivity contribution is 5.79. The van der Waals surface area contributed by atoms with Crippen molar-refractivity contribution in [3.63, 3.8) is 0 Å². The molecule has 0 spiro atoms. The van der Waals surface area contributed by atoms with Gasteiger partial charge < -0.3 is 15.2 Å². The van der Waals surface area contributed by atoms with Gasteiger partial charge in [-0.05, 0) is 30.5 Å². The van der Waals surface area contributed by atoms with E-state index < -0.39 is 0 Å². The third kappa shape index (κ3) is 2.60. The van der Waals surface area contributed by atoms with Gasteiger partial charge in [-0.3, -0.25) is 4.79 Å². The molecule has 3 atom stereocenters. The number of H-pyrrole nitrogens is 1. The van der Waals surface area contributed by atoms with Crippen molar-refractivity contribution in [3.8, 4) is 0 Å². The molecule has 0 bridgehead atoms.